The van der Waals surface area contributed by atoms with Crippen molar-refractivity contribution in [2.45, 2.75) is 64.5 Å². The number of nitrogens with zero attached hydrogens (tertiary/aromatic N) is 1. The summed E-state index contributed by atoms with van der Waals surface area (Å²) in [5, 5.41) is 3.54. The van der Waals surface area contributed by atoms with Crippen molar-refractivity contribution in [2.24, 2.45) is 0 Å². The number of para-hydroxylation sites is 2. The molecule has 0 aromatic heterocycles. The van der Waals surface area contributed by atoms with Crippen LogP contribution in [0.1, 0.15) is 57.4 Å². The lowest BCUT2D eigenvalue weighted by Crippen LogP contribution is -2.37. The first kappa shape index (κ1) is 22.4. The molecule has 4 nitrogen and oxygen atoms in total. The van der Waals surface area contributed by atoms with Gasteiger partial charge in [0.05, 0.1) is 5.69 Å². The Morgan fingerprint density at radius 3 is 2.43 bits per heavy atom. The standard InChI is InChI=1S/C26H36N2O2/c1-22(29)11-5-2-3-10-18-27-25-14-8-9-15-26(25)30-24-16-19-28(20-17-24)21-23-12-6-4-7-13-23/h4,6-9,12-15,24,27H,2-3,5,10-11,16-21H2,1H3. The Balaban J connectivity index is 1.38. The maximum absolute atomic E-state index is 11.0. The number of carbonyl (C=O) groups is 1. The average molecular weight is 409 g/mol. The predicted molar refractivity (Wildman–Crippen MR) is 124 cm³/mol. The Morgan fingerprint density at radius 1 is 0.967 bits per heavy atom. The predicted octanol–water partition coefficient (Wildman–Crippen LogP) is 5.68. The van der Waals surface area contributed by atoms with Crippen LogP contribution in [0, 0.1) is 0 Å². The lowest BCUT2D eigenvalue weighted by molar-refractivity contribution is -0.117. The zero-order chi connectivity index (χ0) is 21.0. The molecule has 1 N–H and O–H groups in total. The van der Waals surface area contributed by atoms with Crippen LogP contribution in [-0.4, -0.2) is 36.4 Å². The van der Waals surface area contributed by atoms with Crippen LogP contribution in [0.2, 0.25) is 0 Å². The molecule has 0 unspecified atom stereocenters. The molecule has 0 spiro atoms. The fourth-order valence-corrected chi connectivity index (χ4v) is 4.00. The van der Waals surface area contributed by atoms with E-state index in [9.17, 15) is 4.79 Å². The molecule has 4 heteroatoms. The van der Waals surface area contributed by atoms with Gasteiger partial charge in [0.25, 0.3) is 0 Å². The molecule has 0 saturated carbocycles. The van der Waals surface area contributed by atoms with Crippen LogP contribution in [0.15, 0.2) is 54.6 Å². The van der Waals surface area contributed by atoms with E-state index in [1.54, 1.807) is 6.92 Å². The second-order valence-corrected chi connectivity index (χ2v) is 8.37. The highest BCUT2D eigenvalue weighted by molar-refractivity contribution is 5.75. The minimum Gasteiger partial charge on any atom is -0.488 e. The van der Waals surface area contributed by atoms with Gasteiger partial charge >= 0.3 is 0 Å². The van der Waals surface area contributed by atoms with Gasteiger partial charge in [-0.25, -0.2) is 0 Å². The first-order chi connectivity index (χ1) is 14.7. The number of anilines is 1. The van der Waals surface area contributed by atoms with Gasteiger partial charge in [0.2, 0.25) is 0 Å². The zero-order valence-electron chi connectivity index (χ0n) is 18.3. The second kappa shape index (κ2) is 12.4. The van der Waals surface area contributed by atoms with E-state index >= 15 is 0 Å². The Kier molecular flexibility index (Phi) is 9.23. The van der Waals surface area contributed by atoms with Crippen LogP contribution in [0.25, 0.3) is 0 Å². The maximum Gasteiger partial charge on any atom is 0.142 e. The van der Waals surface area contributed by atoms with Crippen molar-refractivity contribution in [3.05, 3.63) is 60.2 Å². The normalized spacial score (nSPS) is 15.1. The van der Waals surface area contributed by atoms with Crippen LogP contribution < -0.4 is 10.1 Å². The first-order valence-corrected chi connectivity index (χ1v) is 11.5. The summed E-state index contributed by atoms with van der Waals surface area (Å²) in [6.45, 7) is 5.80. The van der Waals surface area contributed by atoms with Crippen LogP contribution in [0.5, 0.6) is 5.75 Å². The van der Waals surface area contributed by atoms with Crippen LogP contribution in [-0.2, 0) is 11.3 Å². The number of carbonyl (C=O) groups excluding carboxylic acids is 1. The third kappa shape index (κ3) is 7.83. The molecule has 1 fully saturated rings. The summed E-state index contributed by atoms with van der Waals surface area (Å²) >= 11 is 0. The number of hydrogen-bond acceptors (Lipinski definition) is 4. The number of ketones is 1. The smallest absolute Gasteiger partial charge is 0.142 e. The summed E-state index contributed by atoms with van der Waals surface area (Å²) in [4.78, 5) is 13.5. The molecule has 1 aliphatic rings. The Hall–Kier alpha value is -2.33. The summed E-state index contributed by atoms with van der Waals surface area (Å²) in [5.41, 5.74) is 2.47. The Morgan fingerprint density at radius 2 is 1.67 bits per heavy atom. The molecule has 2 aromatic carbocycles. The van der Waals surface area contributed by atoms with Crippen molar-refractivity contribution in [2.75, 3.05) is 25.0 Å². The van der Waals surface area contributed by atoms with Gasteiger partial charge in [-0.05, 0) is 50.3 Å². The second-order valence-electron chi connectivity index (χ2n) is 8.37. The minimum atomic E-state index is 0.284. The molecule has 30 heavy (non-hydrogen) atoms. The number of nitrogens with one attached hydrogen (secondary N) is 1. The lowest BCUT2D eigenvalue weighted by atomic mass is 10.1. The van der Waals surface area contributed by atoms with Gasteiger partial charge in [-0.2, -0.15) is 0 Å². The average Bonchev–Trinajstić information content (AvgIpc) is 2.76. The molecular formula is C26H36N2O2. The largest absolute Gasteiger partial charge is 0.488 e. The quantitative estimate of drug-likeness (QED) is 0.459. The summed E-state index contributed by atoms with van der Waals surface area (Å²) in [7, 11) is 0. The van der Waals surface area contributed by atoms with E-state index in [1.165, 1.54) is 5.56 Å². The number of Topliss-reactive ketones (excluding diaryl/α,β-unsaturated/α-hetero) is 1. The van der Waals surface area contributed by atoms with Crippen molar-refractivity contribution in [1.82, 2.24) is 4.90 Å². The van der Waals surface area contributed by atoms with E-state index in [-0.39, 0.29) is 6.10 Å². The van der Waals surface area contributed by atoms with Crippen LogP contribution in [0.4, 0.5) is 5.69 Å². The number of rotatable bonds is 12. The molecule has 2 aromatic rings. The first-order valence-electron chi connectivity index (χ1n) is 11.5. The van der Waals surface area contributed by atoms with Crippen molar-refractivity contribution in [1.29, 1.82) is 0 Å². The lowest BCUT2D eigenvalue weighted by Gasteiger charge is -2.32. The summed E-state index contributed by atoms with van der Waals surface area (Å²) < 4.78 is 6.38. The summed E-state index contributed by atoms with van der Waals surface area (Å²) in [6.07, 6.45) is 7.54. The molecule has 0 amide bonds. The zero-order valence-corrected chi connectivity index (χ0v) is 18.3. The molecular weight excluding hydrogens is 372 g/mol. The van der Waals surface area contributed by atoms with Gasteiger partial charge in [-0.15, -0.1) is 0 Å². The van der Waals surface area contributed by atoms with E-state index in [0.29, 0.717) is 12.2 Å². The molecule has 0 aliphatic carbocycles. The van der Waals surface area contributed by atoms with Crippen LogP contribution in [0.3, 0.4) is 0 Å². The number of hydrogen-bond donors (Lipinski definition) is 1. The molecule has 1 saturated heterocycles. The number of ether oxygens (including phenoxy) is 1. The molecule has 1 heterocycles. The van der Waals surface area contributed by atoms with Gasteiger partial charge in [-0.3, -0.25) is 4.90 Å². The number of benzene rings is 2. The van der Waals surface area contributed by atoms with E-state index in [0.717, 1.165) is 76.1 Å². The minimum absolute atomic E-state index is 0.284. The third-order valence-electron chi connectivity index (χ3n) is 5.74. The molecule has 0 radical (unpaired) electrons. The van der Waals surface area contributed by atoms with Gasteiger partial charge in [-0.1, -0.05) is 55.3 Å². The van der Waals surface area contributed by atoms with Gasteiger partial charge in [0.1, 0.15) is 17.6 Å². The molecule has 0 bridgehead atoms. The van der Waals surface area contributed by atoms with Crippen LogP contribution >= 0.6 is 0 Å². The molecule has 3 rings (SSSR count). The van der Waals surface area contributed by atoms with Crippen molar-refractivity contribution < 1.29 is 9.53 Å². The molecule has 162 valence electrons. The van der Waals surface area contributed by atoms with Crippen molar-refractivity contribution >= 4 is 11.5 Å². The fourth-order valence-electron chi connectivity index (χ4n) is 4.00. The molecule has 0 atom stereocenters. The highest BCUT2D eigenvalue weighted by atomic mass is 16.5. The third-order valence-corrected chi connectivity index (χ3v) is 5.74. The Labute approximate surface area is 181 Å². The van der Waals surface area contributed by atoms with Gasteiger partial charge in [0.15, 0.2) is 0 Å². The number of likely N-dealkylation sites (tertiary alicyclic amines) is 1. The summed E-state index contributed by atoms with van der Waals surface area (Å²) in [5.74, 6) is 1.26. The van der Waals surface area contributed by atoms with Gasteiger partial charge < -0.3 is 14.8 Å². The van der Waals surface area contributed by atoms with E-state index in [1.807, 2.05) is 6.07 Å². The van der Waals surface area contributed by atoms with E-state index in [2.05, 4.69) is 58.7 Å². The molecule has 1 aliphatic heterocycles. The van der Waals surface area contributed by atoms with Crippen molar-refractivity contribution in [3.8, 4) is 5.75 Å². The Bertz CT molecular complexity index is 755. The monoisotopic (exact) mass is 408 g/mol. The fraction of sp³-hybridized carbons (Fsp3) is 0.500. The SMILES string of the molecule is CC(=O)CCCCCCNc1ccccc1OC1CCN(Cc2ccccc2)CC1. The topological polar surface area (TPSA) is 41.6 Å². The van der Waals surface area contributed by atoms with E-state index < -0.39 is 0 Å². The highest BCUT2D eigenvalue weighted by Crippen LogP contribution is 2.27. The highest BCUT2D eigenvalue weighted by Gasteiger charge is 2.21. The maximum atomic E-state index is 11.0. The number of unbranched alkanes of at least 4 members (excludes halogenated alkanes) is 3. The van der Waals surface area contributed by atoms with Crippen molar-refractivity contribution in [3.63, 3.8) is 0 Å². The number of piperidine rings is 1. The van der Waals surface area contributed by atoms with Gasteiger partial charge in [0, 0.05) is 32.6 Å². The summed E-state index contributed by atoms with van der Waals surface area (Å²) in [6, 6.07) is 19.0. The van der Waals surface area contributed by atoms with E-state index in [4.69, 9.17) is 4.74 Å².